The Morgan fingerprint density at radius 1 is 1.42 bits per heavy atom. The molecule has 0 atom stereocenters. The lowest BCUT2D eigenvalue weighted by Crippen LogP contribution is -2.25. The molecule has 0 saturated heterocycles. The molecule has 0 aliphatic rings. The summed E-state index contributed by atoms with van der Waals surface area (Å²) in [6.07, 6.45) is 2.23. The highest BCUT2D eigenvalue weighted by Gasteiger charge is 2.15. The molecule has 0 amide bonds. The van der Waals surface area contributed by atoms with Crippen LogP contribution < -0.4 is 10.0 Å². The summed E-state index contributed by atoms with van der Waals surface area (Å²) in [4.78, 5) is 4.39. The molecule has 0 aliphatic carbocycles. The first kappa shape index (κ1) is 14.3. The first-order valence-electron chi connectivity index (χ1n) is 5.96. The van der Waals surface area contributed by atoms with Crippen LogP contribution in [0.15, 0.2) is 34.7 Å². The van der Waals surface area contributed by atoms with E-state index in [0.717, 1.165) is 5.69 Å². The van der Waals surface area contributed by atoms with Crippen LogP contribution in [0.25, 0.3) is 0 Å². The van der Waals surface area contributed by atoms with Crippen LogP contribution in [0.4, 0.5) is 0 Å². The molecule has 0 unspecified atom stereocenters. The number of rotatable bonds is 7. The second-order valence-electron chi connectivity index (χ2n) is 4.12. The Morgan fingerprint density at radius 3 is 2.95 bits per heavy atom. The smallest absolute Gasteiger partial charge is 0.242 e. The van der Waals surface area contributed by atoms with Crippen LogP contribution in [0.3, 0.4) is 0 Å². The quantitative estimate of drug-likeness (QED) is 0.722. The van der Waals surface area contributed by atoms with Gasteiger partial charge in [-0.25, -0.2) is 13.1 Å². The van der Waals surface area contributed by atoms with Crippen molar-refractivity contribution in [2.75, 3.05) is 13.6 Å². The molecule has 104 valence electrons. The van der Waals surface area contributed by atoms with Crippen LogP contribution >= 0.6 is 11.3 Å². The molecule has 0 spiro atoms. The van der Waals surface area contributed by atoms with Crippen LogP contribution in [-0.2, 0) is 23.0 Å². The lowest BCUT2D eigenvalue weighted by Gasteiger charge is -2.03. The normalized spacial score (nSPS) is 11.8. The highest BCUT2D eigenvalue weighted by molar-refractivity contribution is 7.89. The van der Waals surface area contributed by atoms with E-state index in [1.807, 2.05) is 24.6 Å². The fourth-order valence-electron chi connectivity index (χ4n) is 1.71. The van der Waals surface area contributed by atoms with Gasteiger partial charge in [-0.05, 0) is 31.0 Å². The van der Waals surface area contributed by atoms with Gasteiger partial charge < -0.3 is 10.3 Å². The van der Waals surface area contributed by atoms with E-state index in [2.05, 4.69) is 15.0 Å². The Kier molecular flexibility index (Phi) is 4.76. The third-order valence-electron chi connectivity index (χ3n) is 2.64. The molecule has 2 rings (SSSR count). The van der Waals surface area contributed by atoms with E-state index < -0.39 is 10.0 Å². The van der Waals surface area contributed by atoms with Crippen molar-refractivity contribution in [3.8, 4) is 0 Å². The average molecular weight is 299 g/mol. The minimum absolute atomic E-state index is 0.281. The lowest BCUT2D eigenvalue weighted by atomic mass is 10.3. The number of hydrogen-bond acceptors (Lipinski definition) is 4. The van der Waals surface area contributed by atoms with Crippen LogP contribution in [0.1, 0.15) is 10.6 Å². The third kappa shape index (κ3) is 3.90. The van der Waals surface area contributed by atoms with Gasteiger partial charge in [-0.3, -0.25) is 0 Å². The van der Waals surface area contributed by atoms with Crippen molar-refractivity contribution in [2.24, 2.45) is 0 Å². The molecule has 0 bridgehead atoms. The first-order valence-corrected chi connectivity index (χ1v) is 8.32. The maximum Gasteiger partial charge on any atom is 0.242 e. The van der Waals surface area contributed by atoms with Gasteiger partial charge in [-0.15, -0.1) is 11.3 Å². The van der Waals surface area contributed by atoms with Crippen molar-refractivity contribution in [2.45, 2.75) is 17.9 Å². The second-order valence-corrected chi connectivity index (χ2v) is 6.92. The van der Waals surface area contributed by atoms with Crippen LogP contribution in [-0.4, -0.2) is 27.0 Å². The maximum atomic E-state index is 12.0. The zero-order valence-electron chi connectivity index (χ0n) is 10.6. The Hall–Kier alpha value is -1.15. The van der Waals surface area contributed by atoms with Gasteiger partial charge in [0.25, 0.3) is 0 Å². The molecule has 0 aromatic carbocycles. The van der Waals surface area contributed by atoms with Gasteiger partial charge in [0.15, 0.2) is 0 Å². The van der Waals surface area contributed by atoms with E-state index in [0.29, 0.717) is 19.5 Å². The number of hydrogen-bond donors (Lipinski definition) is 3. The standard InChI is InChI=1S/C12H17N3O2S2/c1-13-8-10-7-12(9-14-10)19(16,17)15-5-4-11-3-2-6-18-11/h2-3,6-7,9,13-15H,4-5,8H2,1H3. The number of aromatic nitrogens is 1. The minimum Gasteiger partial charge on any atom is -0.363 e. The number of H-pyrrole nitrogens is 1. The van der Waals surface area contributed by atoms with Gasteiger partial charge in [0.05, 0.1) is 4.90 Å². The van der Waals surface area contributed by atoms with Gasteiger partial charge >= 0.3 is 0 Å². The molecule has 2 aromatic heterocycles. The highest BCUT2D eigenvalue weighted by atomic mass is 32.2. The van der Waals surface area contributed by atoms with E-state index in [4.69, 9.17) is 0 Å². The zero-order valence-corrected chi connectivity index (χ0v) is 12.3. The van der Waals surface area contributed by atoms with Crippen molar-refractivity contribution < 1.29 is 8.42 Å². The Morgan fingerprint density at radius 2 is 2.26 bits per heavy atom. The Labute approximate surface area is 117 Å². The van der Waals surface area contributed by atoms with Gasteiger partial charge in [0.1, 0.15) is 0 Å². The summed E-state index contributed by atoms with van der Waals surface area (Å²) in [6, 6.07) is 5.61. The molecule has 19 heavy (non-hydrogen) atoms. The van der Waals surface area contributed by atoms with Crippen molar-refractivity contribution in [1.82, 2.24) is 15.0 Å². The molecule has 3 N–H and O–H groups in total. The van der Waals surface area contributed by atoms with Gasteiger partial charge in [0.2, 0.25) is 10.0 Å². The van der Waals surface area contributed by atoms with E-state index in [9.17, 15) is 8.42 Å². The largest absolute Gasteiger partial charge is 0.363 e. The molecule has 0 radical (unpaired) electrons. The second kappa shape index (κ2) is 6.33. The summed E-state index contributed by atoms with van der Waals surface area (Å²) < 4.78 is 26.7. The van der Waals surface area contributed by atoms with Crippen molar-refractivity contribution in [1.29, 1.82) is 0 Å². The SMILES string of the molecule is CNCc1cc(S(=O)(=O)NCCc2cccs2)c[nH]1. The summed E-state index contributed by atoms with van der Waals surface area (Å²) in [6.45, 7) is 1.03. The van der Waals surface area contributed by atoms with E-state index in [1.165, 1.54) is 11.1 Å². The highest BCUT2D eigenvalue weighted by Crippen LogP contribution is 2.12. The van der Waals surface area contributed by atoms with Gasteiger partial charge in [0, 0.05) is 29.9 Å². The molecule has 2 heterocycles. The molecule has 2 aromatic rings. The lowest BCUT2D eigenvalue weighted by molar-refractivity contribution is 0.582. The van der Waals surface area contributed by atoms with E-state index >= 15 is 0 Å². The molecule has 7 heteroatoms. The number of sulfonamides is 1. The molecule has 0 fully saturated rings. The fourth-order valence-corrected chi connectivity index (χ4v) is 3.47. The predicted octanol–water partition coefficient (Wildman–Crippen LogP) is 1.32. The van der Waals surface area contributed by atoms with Crippen molar-refractivity contribution in [3.05, 3.63) is 40.3 Å². The predicted molar refractivity (Wildman–Crippen MR) is 76.8 cm³/mol. The zero-order chi connectivity index (χ0) is 13.7. The number of nitrogens with one attached hydrogen (secondary N) is 3. The van der Waals surface area contributed by atoms with Crippen LogP contribution in [0.2, 0.25) is 0 Å². The van der Waals surface area contributed by atoms with Crippen LogP contribution in [0, 0.1) is 0 Å². The molecule has 5 nitrogen and oxygen atoms in total. The average Bonchev–Trinajstić information content (AvgIpc) is 3.00. The Bertz CT molecular complexity index is 603. The first-order chi connectivity index (χ1) is 9.12. The summed E-state index contributed by atoms with van der Waals surface area (Å²) in [5.41, 5.74) is 0.848. The minimum atomic E-state index is -3.42. The van der Waals surface area contributed by atoms with Gasteiger partial charge in [-0.1, -0.05) is 6.07 Å². The van der Waals surface area contributed by atoms with E-state index in [-0.39, 0.29) is 4.90 Å². The summed E-state index contributed by atoms with van der Waals surface area (Å²) >= 11 is 1.63. The number of aromatic amines is 1. The maximum absolute atomic E-state index is 12.0. The molecular weight excluding hydrogens is 282 g/mol. The van der Waals surface area contributed by atoms with Gasteiger partial charge in [-0.2, -0.15) is 0 Å². The summed E-state index contributed by atoms with van der Waals surface area (Å²) in [7, 11) is -1.60. The Balaban J connectivity index is 1.93. The fraction of sp³-hybridized carbons (Fsp3) is 0.333. The third-order valence-corrected chi connectivity index (χ3v) is 5.01. The van der Waals surface area contributed by atoms with Crippen LogP contribution in [0.5, 0.6) is 0 Å². The monoisotopic (exact) mass is 299 g/mol. The topological polar surface area (TPSA) is 74.0 Å². The van der Waals surface area contributed by atoms with Crippen molar-refractivity contribution >= 4 is 21.4 Å². The number of thiophene rings is 1. The molecular formula is C12H17N3O2S2. The van der Waals surface area contributed by atoms with E-state index in [1.54, 1.807) is 17.4 Å². The summed E-state index contributed by atoms with van der Waals surface area (Å²) in [5, 5.41) is 4.95. The molecule has 0 aliphatic heterocycles. The molecule has 0 saturated carbocycles. The summed E-state index contributed by atoms with van der Waals surface area (Å²) in [5.74, 6) is 0. The van der Waals surface area contributed by atoms with Crippen molar-refractivity contribution in [3.63, 3.8) is 0 Å².